The first-order valence-electron chi connectivity index (χ1n) is 8.67. The molecular formula is C22H27N. The molecule has 1 nitrogen and oxygen atoms in total. The van der Waals surface area contributed by atoms with E-state index in [-0.39, 0.29) is 5.41 Å². The Morgan fingerprint density at radius 2 is 1.74 bits per heavy atom. The summed E-state index contributed by atoms with van der Waals surface area (Å²) in [5.41, 5.74) is 8.02. The summed E-state index contributed by atoms with van der Waals surface area (Å²) in [5, 5.41) is 2.88. The van der Waals surface area contributed by atoms with Crippen LogP contribution in [0.25, 0.3) is 17.7 Å². The van der Waals surface area contributed by atoms with Crippen molar-refractivity contribution in [3.05, 3.63) is 51.0 Å². The summed E-state index contributed by atoms with van der Waals surface area (Å²) in [7, 11) is 4.24. The van der Waals surface area contributed by atoms with Crippen LogP contribution in [-0.4, -0.2) is 19.0 Å². The summed E-state index contributed by atoms with van der Waals surface area (Å²) in [6, 6.07) is 4.68. The van der Waals surface area contributed by atoms with Gasteiger partial charge in [0, 0.05) is 19.8 Å². The highest BCUT2D eigenvalue weighted by Gasteiger charge is 2.40. The Bertz CT molecular complexity index is 889. The lowest BCUT2D eigenvalue weighted by molar-refractivity contribution is 0.292. The number of allylic oxidation sites excluding steroid dienone is 3. The zero-order valence-electron chi connectivity index (χ0n) is 15.2. The largest absolute Gasteiger partial charge is 0.378 e. The Balaban J connectivity index is 1.99. The van der Waals surface area contributed by atoms with Crippen LogP contribution in [-0.2, 0) is 6.42 Å². The molecule has 0 saturated carbocycles. The summed E-state index contributed by atoms with van der Waals surface area (Å²) < 4.78 is 0. The SMILES string of the molecule is CN(C)C1=Cc2c3c(ccc2=C1)=C1C(=CC(C)(C)CC1(C)C)C3. The molecule has 0 aromatic heterocycles. The van der Waals surface area contributed by atoms with Gasteiger partial charge in [0.2, 0.25) is 0 Å². The molecule has 0 spiro atoms. The average molecular weight is 305 g/mol. The second-order valence-corrected chi connectivity index (χ2v) is 8.97. The van der Waals surface area contributed by atoms with Crippen LogP contribution in [0.5, 0.6) is 0 Å². The molecule has 0 unspecified atom stereocenters. The second kappa shape index (κ2) is 4.41. The molecular weight excluding hydrogens is 278 g/mol. The van der Waals surface area contributed by atoms with Gasteiger partial charge in [-0.2, -0.15) is 0 Å². The number of benzene rings is 1. The molecule has 3 aliphatic rings. The van der Waals surface area contributed by atoms with Gasteiger partial charge >= 0.3 is 0 Å². The maximum atomic E-state index is 2.54. The molecule has 0 amide bonds. The number of fused-ring (bicyclic) bond motifs is 4. The molecule has 1 aromatic carbocycles. The number of rotatable bonds is 1. The van der Waals surface area contributed by atoms with Crippen molar-refractivity contribution >= 4 is 17.7 Å². The molecule has 1 aromatic rings. The second-order valence-electron chi connectivity index (χ2n) is 8.97. The van der Waals surface area contributed by atoms with Gasteiger partial charge < -0.3 is 4.90 Å². The normalized spacial score (nSPS) is 22.6. The van der Waals surface area contributed by atoms with E-state index in [9.17, 15) is 0 Å². The fraction of sp³-hybridized carbons (Fsp3) is 0.455. The molecule has 3 aliphatic carbocycles. The first-order valence-corrected chi connectivity index (χ1v) is 8.67. The summed E-state index contributed by atoms with van der Waals surface area (Å²) in [5.74, 6) is 0. The van der Waals surface area contributed by atoms with Crippen LogP contribution >= 0.6 is 0 Å². The highest BCUT2D eigenvalue weighted by molar-refractivity contribution is 5.81. The average Bonchev–Trinajstić information content (AvgIpc) is 2.95. The van der Waals surface area contributed by atoms with Gasteiger partial charge in [-0.3, -0.25) is 0 Å². The van der Waals surface area contributed by atoms with E-state index in [4.69, 9.17) is 0 Å². The van der Waals surface area contributed by atoms with Crippen LogP contribution in [0.1, 0.15) is 45.2 Å². The lowest BCUT2D eigenvalue weighted by Crippen LogP contribution is -2.30. The molecule has 0 fully saturated rings. The van der Waals surface area contributed by atoms with Crippen LogP contribution in [0.3, 0.4) is 0 Å². The Morgan fingerprint density at radius 3 is 2.43 bits per heavy atom. The van der Waals surface area contributed by atoms with E-state index in [1.165, 1.54) is 28.1 Å². The van der Waals surface area contributed by atoms with Crippen molar-refractivity contribution in [2.75, 3.05) is 14.1 Å². The van der Waals surface area contributed by atoms with Crippen LogP contribution in [0.2, 0.25) is 0 Å². The number of nitrogens with zero attached hydrogens (tertiary/aromatic N) is 1. The monoisotopic (exact) mass is 305 g/mol. The zero-order valence-corrected chi connectivity index (χ0v) is 15.2. The predicted octanol–water partition coefficient (Wildman–Crippen LogP) is 3.47. The fourth-order valence-electron chi connectivity index (χ4n) is 5.14. The van der Waals surface area contributed by atoms with E-state index in [2.05, 4.69) is 77.1 Å². The molecule has 0 atom stereocenters. The number of hydrogen-bond donors (Lipinski definition) is 0. The van der Waals surface area contributed by atoms with Crippen molar-refractivity contribution < 1.29 is 0 Å². The topological polar surface area (TPSA) is 3.24 Å². The van der Waals surface area contributed by atoms with Gasteiger partial charge in [-0.25, -0.2) is 0 Å². The summed E-state index contributed by atoms with van der Waals surface area (Å²) in [6.45, 7) is 9.60. The van der Waals surface area contributed by atoms with Gasteiger partial charge in [0.25, 0.3) is 0 Å². The molecule has 0 saturated heterocycles. The first kappa shape index (κ1) is 14.8. The Kier molecular flexibility index (Phi) is 2.84. The van der Waals surface area contributed by atoms with E-state index in [0.717, 1.165) is 6.42 Å². The van der Waals surface area contributed by atoms with Gasteiger partial charge in [-0.15, -0.1) is 0 Å². The van der Waals surface area contributed by atoms with E-state index in [1.807, 2.05) is 0 Å². The van der Waals surface area contributed by atoms with Crippen LogP contribution in [0, 0.1) is 10.8 Å². The molecule has 0 heterocycles. The maximum Gasteiger partial charge on any atom is 0.0373 e. The smallest absolute Gasteiger partial charge is 0.0373 e. The van der Waals surface area contributed by atoms with Gasteiger partial charge in [-0.05, 0) is 68.5 Å². The van der Waals surface area contributed by atoms with Gasteiger partial charge in [-0.1, -0.05) is 45.9 Å². The zero-order chi connectivity index (χ0) is 16.6. The van der Waals surface area contributed by atoms with E-state index in [0.29, 0.717) is 5.41 Å². The minimum atomic E-state index is 0.253. The molecule has 0 aliphatic heterocycles. The van der Waals surface area contributed by atoms with E-state index < -0.39 is 0 Å². The summed E-state index contributed by atoms with van der Waals surface area (Å²) in [6.07, 6.45) is 9.54. The molecule has 1 heteroatoms. The van der Waals surface area contributed by atoms with Crippen LogP contribution < -0.4 is 10.4 Å². The maximum absolute atomic E-state index is 2.54. The van der Waals surface area contributed by atoms with Crippen molar-refractivity contribution in [3.63, 3.8) is 0 Å². The Labute approximate surface area is 139 Å². The first-order chi connectivity index (χ1) is 10.7. The molecule has 4 rings (SSSR count). The fourth-order valence-corrected chi connectivity index (χ4v) is 5.14. The predicted molar refractivity (Wildman–Crippen MR) is 99.2 cm³/mol. The summed E-state index contributed by atoms with van der Waals surface area (Å²) >= 11 is 0. The lowest BCUT2D eigenvalue weighted by Gasteiger charge is -2.40. The lowest BCUT2D eigenvalue weighted by atomic mass is 9.64. The highest BCUT2D eigenvalue weighted by Crippen LogP contribution is 2.50. The van der Waals surface area contributed by atoms with E-state index in [1.54, 1.807) is 16.7 Å². The van der Waals surface area contributed by atoms with Crippen molar-refractivity contribution in [1.29, 1.82) is 0 Å². The van der Waals surface area contributed by atoms with Crippen LogP contribution in [0.15, 0.2) is 29.5 Å². The minimum absolute atomic E-state index is 0.253. The third-order valence-corrected chi connectivity index (χ3v) is 5.60. The molecule has 0 bridgehead atoms. The van der Waals surface area contributed by atoms with Gasteiger partial charge in [0.1, 0.15) is 0 Å². The van der Waals surface area contributed by atoms with Gasteiger partial charge in [0.15, 0.2) is 0 Å². The quantitative estimate of drug-likeness (QED) is 0.768. The molecule has 120 valence electrons. The highest BCUT2D eigenvalue weighted by atomic mass is 15.1. The van der Waals surface area contributed by atoms with Crippen molar-refractivity contribution in [2.24, 2.45) is 10.8 Å². The van der Waals surface area contributed by atoms with Crippen molar-refractivity contribution in [1.82, 2.24) is 4.90 Å². The van der Waals surface area contributed by atoms with Crippen molar-refractivity contribution in [3.8, 4) is 0 Å². The third kappa shape index (κ3) is 2.13. The number of hydrogen-bond acceptors (Lipinski definition) is 1. The Morgan fingerprint density at radius 1 is 1.00 bits per heavy atom. The molecule has 23 heavy (non-hydrogen) atoms. The van der Waals surface area contributed by atoms with E-state index >= 15 is 0 Å². The molecule has 0 N–H and O–H groups in total. The standard InChI is InChI=1S/C22H27N/c1-21(2)12-15-10-19-17(20(15)22(3,4)13-21)8-7-14-9-16(23(5)6)11-18(14)19/h7-9,11-12H,10,13H2,1-6H3. The van der Waals surface area contributed by atoms with Gasteiger partial charge in [0.05, 0.1) is 0 Å². The van der Waals surface area contributed by atoms with Crippen LogP contribution in [0.4, 0.5) is 0 Å². The molecule has 0 radical (unpaired) electrons. The minimum Gasteiger partial charge on any atom is -0.378 e. The summed E-state index contributed by atoms with van der Waals surface area (Å²) in [4.78, 5) is 2.20. The Hall–Kier alpha value is -1.76. The van der Waals surface area contributed by atoms with Crippen molar-refractivity contribution in [2.45, 2.75) is 40.5 Å². The third-order valence-electron chi connectivity index (χ3n) is 5.60.